The van der Waals surface area contributed by atoms with Crippen molar-refractivity contribution >= 4 is 11.8 Å². The minimum atomic E-state index is -0.353. The summed E-state index contributed by atoms with van der Waals surface area (Å²) in [6.45, 7) is 3.78. The molecule has 6 heteroatoms. The molecule has 1 saturated heterocycles. The predicted molar refractivity (Wildman–Crippen MR) is 84.5 cm³/mol. The van der Waals surface area contributed by atoms with Crippen LogP contribution >= 0.6 is 0 Å². The number of aromatic nitrogens is 3. The van der Waals surface area contributed by atoms with Crippen LogP contribution in [-0.2, 0) is 6.42 Å². The summed E-state index contributed by atoms with van der Waals surface area (Å²) in [5.41, 5.74) is 1.19. The average molecular weight is 301 g/mol. The molecule has 1 aliphatic rings. The van der Waals surface area contributed by atoms with Gasteiger partial charge in [0.1, 0.15) is 0 Å². The molecule has 0 bridgehead atoms. The maximum atomic E-state index is 13.9. The standard InChI is InChI=1S/C16H20FN5/c1-12(10-13-4-6-18-7-5-13)20-16-19-11-14(17)15(21-16)22-8-2-3-9-22/h4-7,11-12H,2-3,8-10H2,1H3,(H,19,20,21)/t12-/m0/s1. The van der Waals surface area contributed by atoms with E-state index in [-0.39, 0.29) is 11.9 Å². The Balaban J connectivity index is 1.68. The monoisotopic (exact) mass is 301 g/mol. The van der Waals surface area contributed by atoms with Crippen LogP contribution in [0.15, 0.2) is 30.7 Å². The first-order valence-corrected chi connectivity index (χ1v) is 7.65. The van der Waals surface area contributed by atoms with E-state index in [4.69, 9.17) is 0 Å². The molecule has 0 amide bonds. The molecule has 3 heterocycles. The van der Waals surface area contributed by atoms with Crippen LogP contribution in [0, 0.1) is 5.82 Å². The van der Waals surface area contributed by atoms with E-state index in [1.54, 1.807) is 12.4 Å². The Bertz CT molecular complexity index is 613. The van der Waals surface area contributed by atoms with Gasteiger partial charge in [0.05, 0.1) is 6.20 Å². The van der Waals surface area contributed by atoms with Crippen LogP contribution in [0.5, 0.6) is 0 Å². The van der Waals surface area contributed by atoms with Crippen molar-refractivity contribution in [3.05, 3.63) is 42.1 Å². The molecule has 1 aliphatic heterocycles. The number of hydrogen-bond acceptors (Lipinski definition) is 5. The summed E-state index contributed by atoms with van der Waals surface area (Å²) in [5.74, 6) is 0.533. The fourth-order valence-electron chi connectivity index (χ4n) is 2.72. The summed E-state index contributed by atoms with van der Waals surface area (Å²) < 4.78 is 13.9. The summed E-state index contributed by atoms with van der Waals surface area (Å²) >= 11 is 0. The molecule has 0 saturated carbocycles. The molecule has 0 aromatic carbocycles. The van der Waals surface area contributed by atoms with E-state index in [1.807, 2.05) is 17.0 Å². The van der Waals surface area contributed by atoms with Crippen molar-refractivity contribution in [2.75, 3.05) is 23.3 Å². The van der Waals surface area contributed by atoms with Crippen LogP contribution in [0.1, 0.15) is 25.3 Å². The molecule has 22 heavy (non-hydrogen) atoms. The Morgan fingerprint density at radius 1 is 1.27 bits per heavy atom. The van der Waals surface area contributed by atoms with Gasteiger partial charge in [-0.1, -0.05) is 0 Å². The second kappa shape index (κ2) is 6.68. The Labute approximate surface area is 129 Å². The number of nitrogens with zero attached hydrogens (tertiary/aromatic N) is 4. The Morgan fingerprint density at radius 3 is 2.73 bits per heavy atom. The summed E-state index contributed by atoms with van der Waals surface area (Å²) in [6.07, 6.45) is 7.82. The third kappa shape index (κ3) is 3.50. The lowest BCUT2D eigenvalue weighted by Gasteiger charge is -2.19. The second-order valence-electron chi connectivity index (χ2n) is 5.66. The highest BCUT2D eigenvalue weighted by atomic mass is 19.1. The fourth-order valence-corrected chi connectivity index (χ4v) is 2.72. The zero-order chi connectivity index (χ0) is 15.4. The van der Waals surface area contributed by atoms with Crippen molar-refractivity contribution in [2.24, 2.45) is 0 Å². The average Bonchev–Trinajstić information content (AvgIpc) is 3.04. The van der Waals surface area contributed by atoms with Crippen molar-refractivity contribution in [1.82, 2.24) is 15.0 Å². The Morgan fingerprint density at radius 2 is 2.00 bits per heavy atom. The summed E-state index contributed by atoms with van der Waals surface area (Å²) in [7, 11) is 0. The highest BCUT2D eigenvalue weighted by Crippen LogP contribution is 2.22. The minimum Gasteiger partial charge on any atom is -0.354 e. The molecule has 1 N–H and O–H groups in total. The first-order chi connectivity index (χ1) is 10.7. The third-order valence-corrected chi connectivity index (χ3v) is 3.80. The number of hydrogen-bond donors (Lipinski definition) is 1. The zero-order valence-corrected chi connectivity index (χ0v) is 12.7. The molecule has 5 nitrogen and oxygen atoms in total. The highest BCUT2D eigenvalue weighted by molar-refractivity contribution is 5.45. The van der Waals surface area contributed by atoms with Gasteiger partial charge in [0.15, 0.2) is 11.6 Å². The van der Waals surface area contributed by atoms with E-state index in [1.165, 1.54) is 11.8 Å². The van der Waals surface area contributed by atoms with Crippen LogP contribution in [0.4, 0.5) is 16.2 Å². The normalized spacial score (nSPS) is 15.8. The van der Waals surface area contributed by atoms with Gasteiger partial charge in [-0.05, 0) is 43.9 Å². The van der Waals surface area contributed by atoms with Crippen LogP contribution < -0.4 is 10.2 Å². The van der Waals surface area contributed by atoms with Gasteiger partial charge in [-0.3, -0.25) is 4.98 Å². The Kier molecular flexibility index (Phi) is 4.46. The lowest BCUT2D eigenvalue weighted by atomic mass is 10.1. The van der Waals surface area contributed by atoms with Crippen molar-refractivity contribution < 1.29 is 4.39 Å². The first-order valence-electron chi connectivity index (χ1n) is 7.65. The van der Waals surface area contributed by atoms with Gasteiger partial charge in [-0.2, -0.15) is 4.98 Å². The van der Waals surface area contributed by atoms with Gasteiger partial charge in [-0.25, -0.2) is 9.37 Å². The van der Waals surface area contributed by atoms with Crippen LogP contribution in [-0.4, -0.2) is 34.1 Å². The Hall–Kier alpha value is -2.24. The topological polar surface area (TPSA) is 53.9 Å². The third-order valence-electron chi connectivity index (χ3n) is 3.80. The number of anilines is 2. The molecule has 1 atom stereocenters. The molecule has 116 valence electrons. The van der Waals surface area contributed by atoms with Gasteiger partial charge < -0.3 is 10.2 Å². The van der Waals surface area contributed by atoms with E-state index in [2.05, 4.69) is 27.2 Å². The first kappa shape index (κ1) is 14.7. The second-order valence-corrected chi connectivity index (χ2v) is 5.66. The molecule has 3 rings (SSSR count). The van der Waals surface area contributed by atoms with Crippen LogP contribution in [0.25, 0.3) is 0 Å². The molecule has 0 aliphatic carbocycles. The van der Waals surface area contributed by atoms with Gasteiger partial charge in [0, 0.05) is 31.5 Å². The highest BCUT2D eigenvalue weighted by Gasteiger charge is 2.19. The van der Waals surface area contributed by atoms with Gasteiger partial charge in [0.2, 0.25) is 5.95 Å². The molecular weight excluding hydrogens is 281 g/mol. The lowest BCUT2D eigenvalue weighted by molar-refractivity contribution is 0.607. The summed E-state index contributed by atoms with van der Waals surface area (Å²) in [5, 5.41) is 3.25. The molecule has 0 radical (unpaired) electrons. The van der Waals surface area contributed by atoms with E-state index >= 15 is 0 Å². The summed E-state index contributed by atoms with van der Waals surface area (Å²) in [4.78, 5) is 14.4. The fraction of sp³-hybridized carbons (Fsp3) is 0.438. The number of pyridine rings is 1. The lowest BCUT2D eigenvalue weighted by Crippen LogP contribution is -2.24. The van der Waals surface area contributed by atoms with Gasteiger partial charge >= 0.3 is 0 Å². The smallest absolute Gasteiger partial charge is 0.225 e. The molecule has 1 fully saturated rings. The minimum absolute atomic E-state index is 0.152. The summed E-state index contributed by atoms with van der Waals surface area (Å²) in [6, 6.07) is 4.12. The van der Waals surface area contributed by atoms with Gasteiger partial charge in [-0.15, -0.1) is 0 Å². The van der Waals surface area contributed by atoms with Crippen LogP contribution in [0.2, 0.25) is 0 Å². The predicted octanol–water partition coefficient (Wildman–Crippen LogP) is 2.65. The van der Waals surface area contributed by atoms with Crippen LogP contribution in [0.3, 0.4) is 0 Å². The number of nitrogens with one attached hydrogen (secondary N) is 1. The van der Waals surface area contributed by atoms with Crippen molar-refractivity contribution in [3.8, 4) is 0 Å². The van der Waals surface area contributed by atoms with E-state index in [0.29, 0.717) is 11.8 Å². The van der Waals surface area contributed by atoms with Gasteiger partial charge in [0.25, 0.3) is 0 Å². The van der Waals surface area contributed by atoms with Crippen molar-refractivity contribution in [2.45, 2.75) is 32.2 Å². The molecular formula is C16H20FN5. The molecule has 2 aromatic rings. The maximum Gasteiger partial charge on any atom is 0.225 e. The molecule has 2 aromatic heterocycles. The SMILES string of the molecule is C[C@@H](Cc1ccncc1)Nc1ncc(F)c(N2CCCC2)n1. The number of rotatable bonds is 5. The van der Waals surface area contributed by atoms with E-state index in [0.717, 1.165) is 32.4 Å². The maximum absolute atomic E-state index is 13.9. The van der Waals surface area contributed by atoms with Crippen molar-refractivity contribution in [3.63, 3.8) is 0 Å². The van der Waals surface area contributed by atoms with Crippen molar-refractivity contribution in [1.29, 1.82) is 0 Å². The zero-order valence-electron chi connectivity index (χ0n) is 12.7. The molecule has 0 spiro atoms. The largest absolute Gasteiger partial charge is 0.354 e. The quantitative estimate of drug-likeness (QED) is 0.920. The van der Waals surface area contributed by atoms with E-state index in [9.17, 15) is 4.39 Å². The number of halogens is 1. The molecule has 0 unspecified atom stereocenters. The van der Waals surface area contributed by atoms with E-state index < -0.39 is 0 Å².